The number of fused-ring (bicyclic) bond motifs is 1. The first-order valence-electron chi connectivity index (χ1n) is 11.0. The SMILES string of the molecule is Nc1nc(Cl)nc2c1ncn2[C@@H]1C[C@H](OC(=O)c2ccc(Cl)cc2)[C@@H](COC(=O)c2ccc(Cl)cc2)O1. The molecule has 1 fully saturated rings. The summed E-state index contributed by atoms with van der Waals surface area (Å²) in [6, 6.07) is 12.5. The fourth-order valence-electron chi connectivity index (χ4n) is 3.89. The van der Waals surface area contributed by atoms with Crippen molar-refractivity contribution in [2.75, 3.05) is 12.3 Å². The van der Waals surface area contributed by atoms with Crippen molar-refractivity contribution in [2.45, 2.75) is 24.9 Å². The largest absolute Gasteiger partial charge is 0.459 e. The average Bonchev–Trinajstić information content (AvgIpc) is 3.47. The lowest BCUT2D eigenvalue weighted by molar-refractivity contribution is -0.0563. The van der Waals surface area contributed by atoms with Crippen LogP contribution in [-0.4, -0.2) is 50.3 Å². The summed E-state index contributed by atoms with van der Waals surface area (Å²) in [7, 11) is 0. The van der Waals surface area contributed by atoms with Crippen molar-refractivity contribution < 1.29 is 23.8 Å². The molecule has 190 valence electrons. The highest BCUT2D eigenvalue weighted by atomic mass is 35.5. The molecule has 2 aromatic carbocycles. The minimum absolute atomic E-state index is 0.0519. The van der Waals surface area contributed by atoms with E-state index in [4.69, 9.17) is 54.7 Å². The van der Waals surface area contributed by atoms with Gasteiger partial charge in [-0.3, -0.25) is 4.57 Å². The van der Waals surface area contributed by atoms with Gasteiger partial charge in [0.05, 0.1) is 17.5 Å². The Morgan fingerprint density at radius 2 is 1.59 bits per heavy atom. The van der Waals surface area contributed by atoms with Crippen LogP contribution in [-0.2, 0) is 14.2 Å². The molecule has 1 aliphatic heterocycles. The molecule has 3 heterocycles. The first-order valence-corrected chi connectivity index (χ1v) is 12.1. The number of nitrogens with zero attached hydrogens (tertiary/aromatic N) is 4. The van der Waals surface area contributed by atoms with Gasteiger partial charge in [0.15, 0.2) is 11.5 Å². The van der Waals surface area contributed by atoms with Crippen LogP contribution in [0.15, 0.2) is 54.9 Å². The van der Waals surface area contributed by atoms with Gasteiger partial charge in [-0.1, -0.05) is 23.2 Å². The number of hydrogen-bond donors (Lipinski definition) is 1. The minimum atomic E-state index is -0.787. The van der Waals surface area contributed by atoms with Gasteiger partial charge in [0.1, 0.15) is 30.6 Å². The molecule has 2 N–H and O–H groups in total. The molecule has 0 unspecified atom stereocenters. The van der Waals surface area contributed by atoms with Crippen molar-refractivity contribution in [3.05, 3.63) is 81.3 Å². The van der Waals surface area contributed by atoms with E-state index in [2.05, 4.69) is 15.0 Å². The number of nitrogen functional groups attached to an aromatic ring is 1. The number of carbonyl (C=O) groups is 2. The number of anilines is 1. The fourth-order valence-corrected chi connectivity index (χ4v) is 4.31. The molecule has 0 aliphatic carbocycles. The van der Waals surface area contributed by atoms with Crippen LogP contribution < -0.4 is 5.73 Å². The second kappa shape index (κ2) is 10.5. The van der Waals surface area contributed by atoms with Crippen LogP contribution in [0.25, 0.3) is 11.2 Å². The predicted molar refractivity (Wildman–Crippen MR) is 136 cm³/mol. The number of esters is 2. The van der Waals surface area contributed by atoms with Crippen molar-refractivity contribution in [3.63, 3.8) is 0 Å². The quantitative estimate of drug-likeness (QED) is 0.261. The molecule has 2 aromatic heterocycles. The summed E-state index contributed by atoms with van der Waals surface area (Å²) in [4.78, 5) is 37.7. The molecule has 0 saturated carbocycles. The molecule has 1 saturated heterocycles. The lowest BCUT2D eigenvalue weighted by atomic mass is 10.1. The molecule has 1 aliphatic rings. The Kier molecular flexibility index (Phi) is 7.16. The third-order valence-corrected chi connectivity index (χ3v) is 6.38. The van der Waals surface area contributed by atoms with Gasteiger partial charge in [-0.2, -0.15) is 9.97 Å². The van der Waals surface area contributed by atoms with Crippen LogP contribution in [0.3, 0.4) is 0 Å². The zero-order valence-electron chi connectivity index (χ0n) is 18.9. The number of ether oxygens (including phenoxy) is 3. The molecule has 3 atom stereocenters. The Balaban J connectivity index is 1.37. The number of hydrogen-bond acceptors (Lipinski definition) is 9. The topological polar surface area (TPSA) is 131 Å². The molecule has 10 nitrogen and oxygen atoms in total. The normalized spacial score (nSPS) is 19.2. The highest BCUT2D eigenvalue weighted by Crippen LogP contribution is 2.34. The summed E-state index contributed by atoms with van der Waals surface area (Å²) in [5, 5.41) is 0.924. The van der Waals surface area contributed by atoms with Crippen LogP contribution in [0.1, 0.15) is 33.4 Å². The Morgan fingerprint density at radius 1 is 0.973 bits per heavy atom. The van der Waals surface area contributed by atoms with Crippen molar-refractivity contribution in [1.82, 2.24) is 19.5 Å². The zero-order valence-corrected chi connectivity index (χ0v) is 21.2. The number of imidazole rings is 1. The van der Waals surface area contributed by atoms with Crippen molar-refractivity contribution in [3.8, 4) is 0 Å². The summed E-state index contributed by atoms with van der Waals surface area (Å²) < 4.78 is 19.0. The van der Waals surface area contributed by atoms with E-state index in [1.807, 2.05) is 0 Å². The summed E-state index contributed by atoms with van der Waals surface area (Å²) >= 11 is 17.8. The van der Waals surface area contributed by atoms with Gasteiger partial charge in [0.2, 0.25) is 5.28 Å². The van der Waals surface area contributed by atoms with E-state index < -0.39 is 30.4 Å². The van der Waals surface area contributed by atoms with Crippen LogP contribution in [0, 0.1) is 0 Å². The van der Waals surface area contributed by atoms with E-state index in [-0.39, 0.29) is 24.1 Å². The van der Waals surface area contributed by atoms with Gasteiger partial charge in [-0.05, 0) is 60.1 Å². The molecular formula is C24H18Cl3N5O5. The number of rotatable bonds is 6. The Morgan fingerprint density at radius 3 is 2.24 bits per heavy atom. The predicted octanol–water partition coefficient (Wildman–Crippen LogP) is 4.74. The van der Waals surface area contributed by atoms with Gasteiger partial charge in [0.25, 0.3) is 0 Å². The maximum absolute atomic E-state index is 12.8. The molecule has 4 aromatic rings. The highest BCUT2D eigenvalue weighted by Gasteiger charge is 2.40. The van der Waals surface area contributed by atoms with Crippen LogP contribution >= 0.6 is 34.8 Å². The van der Waals surface area contributed by atoms with E-state index in [1.165, 1.54) is 6.33 Å². The number of nitrogens with two attached hydrogens (primary N) is 1. The third-order valence-electron chi connectivity index (χ3n) is 5.71. The monoisotopic (exact) mass is 561 g/mol. The standard InChI is InChI=1S/C24H18Cl3N5O5/c25-14-5-1-12(2-6-14)22(33)35-10-17-16(37-23(34)13-3-7-15(26)8-4-13)9-18(36-17)32-11-29-19-20(28)30-24(27)31-21(19)32/h1-8,11,16-18H,9-10H2,(H2,28,30,31)/t16-,17+,18-/m0/s1. The minimum Gasteiger partial charge on any atom is -0.459 e. The molecule has 0 bridgehead atoms. The second-order valence-electron chi connectivity index (χ2n) is 8.12. The molecular weight excluding hydrogens is 545 g/mol. The van der Waals surface area contributed by atoms with E-state index in [1.54, 1.807) is 53.1 Å². The highest BCUT2D eigenvalue weighted by molar-refractivity contribution is 6.31. The Hall–Kier alpha value is -3.44. The summed E-state index contributed by atoms with van der Waals surface area (Å²) in [6.07, 6.45) is -0.521. The van der Waals surface area contributed by atoms with Gasteiger partial charge in [-0.15, -0.1) is 0 Å². The first-order chi connectivity index (χ1) is 17.8. The maximum atomic E-state index is 12.8. The summed E-state index contributed by atoms with van der Waals surface area (Å²) in [5.74, 6) is -1.04. The van der Waals surface area contributed by atoms with Crippen LogP contribution in [0.5, 0.6) is 0 Å². The number of aromatic nitrogens is 4. The lowest BCUT2D eigenvalue weighted by Crippen LogP contribution is -2.32. The van der Waals surface area contributed by atoms with Crippen LogP contribution in [0.4, 0.5) is 5.82 Å². The van der Waals surface area contributed by atoms with Gasteiger partial charge in [-0.25, -0.2) is 14.6 Å². The number of halogens is 3. The van der Waals surface area contributed by atoms with Crippen molar-refractivity contribution in [2.24, 2.45) is 0 Å². The maximum Gasteiger partial charge on any atom is 0.338 e. The second-order valence-corrected chi connectivity index (χ2v) is 9.33. The number of carbonyl (C=O) groups excluding carboxylic acids is 2. The molecule has 0 amide bonds. The summed E-state index contributed by atoms with van der Waals surface area (Å²) in [6.45, 7) is -0.180. The molecule has 37 heavy (non-hydrogen) atoms. The molecule has 13 heteroatoms. The van der Waals surface area contributed by atoms with Gasteiger partial charge in [0, 0.05) is 16.5 Å². The van der Waals surface area contributed by atoms with E-state index in [9.17, 15) is 9.59 Å². The number of benzene rings is 2. The van der Waals surface area contributed by atoms with Crippen molar-refractivity contribution in [1.29, 1.82) is 0 Å². The molecule has 5 rings (SSSR count). The Bertz CT molecular complexity index is 1460. The van der Waals surface area contributed by atoms with Gasteiger partial charge >= 0.3 is 11.9 Å². The van der Waals surface area contributed by atoms with Crippen molar-refractivity contribution >= 4 is 63.7 Å². The average molecular weight is 563 g/mol. The van der Waals surface area contributed by atoms with E-state index >= 15 is 0 Å². The Labute approximate surface area is 225 Å². The van der Waals surface area contributed by atoms with E-state index in [0.717, 1.165) is 0 Å². The lowest BCUT2D eigenvalue weighted by Gasteiger charge is -2.19. The molecule has 0 spiro atoms. The van der Waals surface area contributed by atoms with Crippen LogP contribution in [0.2, 0.25) is 15.3 Å². The first kappa shape index (κ1) is 25.2. The fraction of sp³-hybridized carbons (Fsp3) is 0.208. The zero-order chi connectivity index (χ0) is 26.1. The smallest absolute Gasteiger partial charge is 0.338 e. The third kappa shape index (κ3) is 5.47. The van der Waals surface area contributed by atoms with Gasteiger partial charge < -0.3 is 19.9 Å². The summed E-state index contributed by atoms with van der Waals surface area (Å²) in [5.41, 5.74) is 7.24. The van der Waals surface area contributed by atoms with E-state index in [0.29, 0.717) is 32.3 Å². The molecule has 0 radical (unpaired) electrons.